The predicted octanol–water partition coefficient (Wildman–Crippen LogP) is 3.94. The third-order valence-electron chi connectivity index (χ3n) is 2.97. The lowest BCUT2D eigenvalue weighted by Gasteiger charge is -2.11. The Morgan fingerprint density at radius 3 is 2.21 bits per heavy atom. The molecule has 0 bridgehead atoms. The van der Waals surface area contributed by atoms with Gasteiger partial charge in [-0.3, -0.25) is 4.79 Å². The standard InChI is InChI=1S/C16H13Br2NO5/c1-23-11-4-2-10(3-5-11)19-14(20)8-24-15-12(17)6-9(16(21)22)7-13(15)18/h2-7H,8H2,1H3,(H,19,20)(H,21,22). The van der Waals surface area contributed by atoms with Crippen molar-refractivity contribution in [3.05, 3.63) is 50.9 Å². The summed E-state index contributed by atoms with van der Waals surface area (Å²) in [6.45, 7) is -0.227. The number of rotatable bonds is 6. The number of halogens is 2. The smallest absolute Gasteiger partial charge is 0.335 e. The van der Waals surface area contributed by atoms with Crippen molar-refractivity contribution in [2.75, 3.05) is 19.0 Å². The molecule has 8 heteroatoms. The zero-order valence-corrected chi connectivity index (χ0v) is 15.7. The monoisotopic (exact) mass is 457 g/mol. The maximum atomic E-state index is 11.9. The van der Waals surface area contributed by atoms with Crippen LogP contribution in [0.5, 0.6) is 11.5 Å². The van der Waals surface area contributed by atoms with Crippen molar-refractivity contribution >= 4 is 49.4 Å². The van der Waals surface area contributed by atoms with Gasteiger partial charge < -0.3 is 19.9 Å². The minimum Gasteiger partial charge on any atom is -0.497 e. The molecule has 2 rings (SSSR count). The number of aromatic carboxylic acids is 1. The first-order valence-corrected chi connectivity index (χ1v) is 8.28. The number of ether oxygens (including phenoxy) is 2. The SMILES string of the molecule is COc1ccc(NC(=O)COc2c(Br)cc(C(=O)O)cc2Br)cc1. The van der Waals surface area contributed by atoms with Gasteiger partial charge in [-0.05, 0) is 68.3 Å². The highest BCUT2D eigenvalue weighted by Gasteiger charge is 2.14. The van der Waals surface area contributed by atoms with Gasteiger partial charge in [0.2, 0.25) is 0 Å². The van der Waals surface area contributed by atoms with Crippen LogP contribution < -0.4 is 14.8 Å². The van der Waals surface area contributed by atoms with E-state index in [1.165, 1.54) is 12.1 Å². The summed E-state index contributed by atoms with van der Waals surface area (Å²) >= 11 is 6.47. The molecule has 0 saturated carbocycles. The molecular formula is C16H13Br2NO5. The molecule has 2 N–H and O–H groups in total. The van der Waals surface area contributed by atoms with Gasteiger partial charge in [-0.1, -0.05) is 0 Å². The Labute approximate surface area is 155 Å². The average molecular weight is 459 g/mol. The van der Waals surface area contributed by atoms with Gasteiger partial charge in [-0.25, -0.2) is 4.79 Å². The summed E-state index contributed by atoms with van der Waals surface area (Å²) in [6.07, 6.45) is 0. The van der Waals surface area contributed by atoms with E-state index in [-0.39, 0.29) is 18.1 Å². The number of amides is 1. The van der Waals surface area contributed by atoms with Gasteiger partial charge in [-0.15, -0.1) is 0 Å². The number of carbonyl (C=O) groups excluding carboxylic acids is 1. The van der Waals surface area contributed by atoms with Crippen LogP contribution >= 0.6 is 31.9 Å². The molecule has 0 aliphatic carbocycles. The fraction of sp³-hybridized carbons (Fsp3) is 0.125. The first kappa shape index (κ1) is 18.3. The molecule has 2 aromatic rings. The van der Waals surface area contributed by atoms with E-state index in [4.69, 9.17) is 14.6 Å². The van der Waals surface area contributed by atoms with Crippen molar-refractivity contribution in [2.24, 2.45) is 0 Å². The maximum Gasteiger partial charge on any atom is 0.335 e. The number of carboxylic acids is 1. The van der Waals surface area contributed by atoms with Gasteiger partial charge in [0.05, 0.1) is 21.6 Å². The van der Waals surface area contributed by atoms with Crippen LogP contribution in [-0.4, -0.2) is 30.7 Å². The maximum absolute atomic E-state index is 11.9. The summed E-state index contributed by atoms with van der Waals surface area (Å²) in [5, 5.41) is 11.7. The molecule has 126 valence electrons. The molecule has 0 spiro atoms. The van der Waals surface area contributed by atoms with E-state index < -0.39 is 5.97 Å². The van der Waals surface area contributed by atoms with E-state index in [1.54, 1.807) is 31.4 Å². The van der Waals surface area contributed by atoms with E-state index in [0.29, 0.717) is 26.1 Å². The molecule has 0 fully saturated rings. The van der Waals surface area contributed by atoms with Crippen LogP contribution in [0.2, 0.25) is 0 Å². The molecule has 24 heavy (non-hydrogen) atoms. The highest BCUT2D eigenvalue weighted by Crippen LogP contribution is 2.34. The third-order valence-corrected chi connectivity index (χ3v) is 4.14. The summed E-state index contributed by atoms with van der Waals surface area (Å²) in [5.41, 5.74) is 0.715. The van der Waals surface area contributed by atoms with Gasteiger partial charge in [0, 0.05) is 5.69 Å². The minimum atomic E-state index is -1.06. The molecule has 0 radical (unpaired) electrons. The van der Waals surface area contributed by atoms with Crippen molar-refractivity contribution in [2.45, 2.75) is 0 Å². The Kier molecular flexibility index (Phi) is 6.22. The van der Waals surface area contributed by atoms with Crippen LogP contribution in [0, 0.1) is 0 Å². The average Bonchev–Trinajstić information content (AvgIpc) is 2.54. The second-order valence-corrected chi connectivity index (χ2v) is 6.35. The summed E-state index contributed by atoms with van der Waals surface area (Å²) in [4.78, 5) is 22.9. The Balaban J connectivity index is 1.99. The zero-order valence-electron chi connectivity index (χ0n) is 12.5. The Bertz CT molecular complexity index is 739. The third kappa shape index (κ3) is 4.72. The largest absolute Gasteiger partial charge is 0.497 e. The molecular weight excluding hydrogens is 446 g/mol. The number of carbonyl (C=O) groups is 2. The highest BCUT2D eigenvalue weighted by molar-refractivity contribution is 9.11. The van der Waals surface area contributed by atoms with E-state index in [0.717, 1.165) is 0 Å². The number of hydrogen-bond donors (Lipinski definition) is 2. The second-order valence-electron chi connectivity index (χ2n) is 4.64. The molecule has 2 aromatic carbocycles. The summed E-state index contributed by atoms with van der Waals surface area (Å²) < 4.78 is 11.4. The van der Waals surface area contributed by atoms with Crippen LogP contribution in [0.3, 0.4) is 0 Å². The molecule has 0 atom stereocenters. The van der Waals surface area contributed by atoms with Crippen molar-refractivity contribution in [3.63, 3.8) is 0 Å². The second kappa shape index (κ2) is 8.16. The molecule has 0 aromatic heterocycles. The molecule has 6 nitrogen and oxygen atoms in total. The number of nitrogens with one attached hydrogen (secondary N) is 1. The molecule has 0 aliphatic rings. The number of benzene rings is 2. The number of methoxy groups -OCH3 is 1. The fourth-order valence-corrected chi connectivity index (χ4v) is 3.25. The summed E-state index contributed by atoms with van der Waals surface area (Å²) in [6, 6.07) is 9.70. The lowest BCUT2D eigenvalue weighted by molar-refractivity contribution is -0.118. The lowest BCUT2D eigenvalue weighted by Crippen LogP contribution is -2.20. The Morgan fingerprint density at radius 1 is 1.12 bits per heavy atom. The molecule has 0 heterocycles. The van der Waals surface area contributed by atoms with Gasteiger partial charge in [0.1, 0.15) is 11.5 Å². The van der Waals surface area contributed by atoms with Gasteiger partial charge >= 0.3 is 5.97 Å². The number of anilines is 1. The van der Waals surface area contributed by atoms with E-state index in [9.17, 15) is 9.59 Å². The first-order chi connectivity index (χ1) is 11.4. The van der Waals surface area contributed by atoms with Crippen LogP contribution in [0.4, 0.5) is 5.69 Å². The number of hydrogen-bond acceptors (Lipinski definition) is 4. The molecule has 0 unspecified atom stereocenters. The van der Waals surface area contributed by atoms with Crippen molar-refractivity contribution in [1.82, 2.24) is 0 Å². The lowest BCUT2D eigenvalue weighted by atomic mass is 10.2. The number of carboxylic acid groups (broad SMARTS) is 1. The molecule has 0 saturated heterocycles. The van der Waals surface area contributed by atoms with Crippen LogP contribution in [0.15, 0.2) is 45.3 Å². The normalized spacial score (nSPS) is 10.1. The Hall–Kier alpha value is -2.06. The quantitative estimate of drug-likeness (QED) is 0.684. The van der Waals surface area contributed by atoms with E-state index in [1.807, 2.05) is 0 Å². The van der Waals surface area contributed by atoms with Crippen LogP contribution in [0.1, 0.15) is 10.4 Å². The zero-order chi connectivity index (χ0) is 17.7. The first-order valence-electron chi connectivity index (χ1n) is 6.69. The van der Waals surface area contributed by atoms with E-state index >= 15 is 0 Å². The molecule has 1 amide bonds. The van der Waals surface area contributed by atoms with Crippen molar-refractivity contribution in [1.29, 1.82) is 0 Å². The van der Waals surface area contributed by atoms with Gasteiger partial charge in [0.15, 0.2) is 6.61 Å². The predicted molar refractivity (Wildman–Crippen MR) is 95.9 cm³/mol. The topological polar surface area (TPSA) is 84.9 Å². The van der Waals surface area contributed by atoms with Gasteiger partial charge in [0.25, 0.3) is 5.91 Å². The fourth-order valence-electron chi connectivity index (χ4n) is 1.83. The van der Waals surface area contributed by atoms with Crippen LogP contribution in [0.25, 0.3) is 0 Å². The molecule has 0 aliphatic heterocycles. The van der Waals surface area contributed by atoms with E-state index in [2.05, 4.69) is 37.2 Å². The van der Waals surface area contributed by atoms with Crippen molar-refractivity contribution in [3.8, 4) is 11.5 Å². The van der Waals surface area contributed by atoms with Crippen molar-refractivity contribution < 1.29 is 24.2 Å². The van der Waals surface area contributed by atoms with Gasteiger partial charge in [-0.2, -0.15) is 0 Å². The Morgan fingerprint density at radius 2 is 1.71 bits per heavy atom. The highest BCUT2D eigenvalue weighted by atomic mass is 79.9. The summed E-state index contributed by atoms with van der Waals surface area (Å²) in [5.74, 6) is -0.359. The minimum absolute atomic E-state index is 0.101. The summed E-state index contributed by atoms with van der Waals surface area (Å²) in [7, 11) is 1.56. The van der Waals surface area contributed by atoms with Crippen LogP contribution in [-0.2, 0) is 4.79 Å².